The van der Waals surface area contributed by atoms with Gasteiger partial charge in [0.2, 0.25) is 17.7 Å². The lowest BCUT2D eigenvalue weighted by molar-refractivity contribution is -0.143. The average molecular weight is 630 g/mol. The van der Waals surface area contributed by atoms with Gasteiger partial charge in [0, 0.05) is 30.5 Å². The third kappa shape index (κ3) is 10.1. The minimum Gasteiger partial charge on any atom is -0.494 e. The van der Waals surface area contributed by atoms with Crippen molar-refractivity contribution in [3.8, 4) is 17.2 Å². The number of para-hydroxylation sites is 1. The summed E-state index contributed by atoms with van der Waals surface area (Å²) in [4.78, 5) is 42.7. The Bertz CT molecular complexity index is 1460. The van der Waals surface area contributed by atoms with E-state index in [0.717, 1.165) is 16.9 Å². The molecule has 3 atom stereocenters. The van der Waals surface area contributed by atoms with Gasteiger partial charge < -0.3 is 36.5 Å². The first-order valence-electron chi connectivity index (χ1n) is 15.7. The number of ether oxygens (including phenoxy) is 2. The third-order valence-electron chi connectivity index (χ3n) is 7.52. The second kappa shape index (κ2) is 14.8. The van der Waals surface area contributed by atoms with Crippen molar-refractivity contribution in [2.45, 2.75) is 83.1 Å². The number of piperazine rings is 1. The Morgan fingerprint density at radius 3 is 1.98 bits per heavy atom. The van der Waals surface area contributed by atoms with E-state index in [0.29, 0.717) is 24.5 Å². The van der Waals surface area contributed by atoms with Crippen LogP contribution in [0.5, 0.6) is 17.2 Å². The third-order valence-corrected chi connectivity index (χ3v) is 7.52. The molecule has 10 nitrogen and oxygen atoms in total. The molecule has 10 heteroatoms. The van der Waals surface area contributed by atoms with Crippen molar-refractivity contribution >= 4 is 17.7 Å². The average Bonchev–Trinajstić information content (AvgIpc) is 2.98. The largest absolute Gasteiger partial charge is 0.494 e. The van der Waals surface area contributed by atoms with Crippen molar-refractivity contribution in [3.63, 3.8) is 0 Å². The number of nitrogens with one attached hydrogen (secondary N) is 2. The van der Waals surface area contributed by atoms with Crippen molar-refractivity contribution in [1.29, 1.82) is 0 Å². The molecule has 0 bridgehead atoms. The molecule has 0 radical (unpaired) electrons. The Morgan fingerprint density at radius 1 is 0.804 bits per heavy atom. The standard InChI is InChI=1S/C36H47N5O5/c1-6-45-26-16-12-24(13-17-26)20-29-33(43)40-32(34(44)39-29)30(41(23-36(4,5)38)31(42)22-35(2,3)37)21-25-14-18-28(19-15-25)46-27-10-8-7-9-11-27/h7-19,29-30,32H,6,20-23,37-38H2,1-5H3,(H,39,44)(H,40,43). The Balaban J connectivity index is 1.60. The summed E-state index contributed by atoms with van der Waals surface area (Å²) in [6.45, 7) is 9.81. The fraction of sp³-hybridized carbons (Fsp3) is 0.417. The Morgan fingerprint density at radius 2 is 1.39 bits per heavy atom. The van der Waals surface area contributed by atoms with Crippen LogP contribution in [0.1, 0.15) is 52.2 Å². The lowest BCUT2D eigenvalue weighted by Gasteiger charge is -2.43. The maximum atomic E-state index is 13.9. The molecule has 0 aromatic heterocycles. The summed E-state index contributed by atoms with van der Waals surface area (Å²) in [7, 11) is 0. The van der Waals surface area contributed by atoms with Gasteiger partial charge in [0.25, 0.3) is 0 Å². The van der Waals surface area contributed by atoms with Gasteiger partial charge in [0.1, 0.15) is 29.3 Å². The fourth-order valence-electron chi connectivity index (χ4n) is 5.47. The Hall–Kier alpha value is -4.41. The lowest BCUT2D eigenvalue weighted by atomic mass is 9.91. The number of benzene rings is 3. The van der Waals surface area contributed by atoms with Crippen molar-refractivity contribution in [2.75, 3.05) is 13.2 Å². The van der Waals surface area contributed by atoms with Gasteiger partial charge in [0.15, 0.2) is 0 Å². The number of hydrogen-bond donors (Lipinski definition) is 4. The molecule has 1 aliphatic rings. The van der Waals surface area contributed by atoms with E-state index in [1.54, 1.807) is 18.7 Å². The van der Waals surface area contributed by atoms with Crippen molar-refractivity contribution < 1.29 is 23.9 Å². The number of nitrogens with zero attached hydrogens (tertiary/aromatic N) is 1. The first-order valence-corrected chi connectivity index (χ1v) is 15.7. The van der Waals surface area contributed by atoms with Gasteiger partial charge in [-0.25, -0.2) is 0 Å². The van der Waals surface area contributed by atoms with Gasteiger partial charge in [0.05, 0.1) is 12.6 Å². The molecule has 0 spiro atoms. The summed E-state index contributed by atoms with van der Waals surface area (Å²) in [6.07, 6.45) is 0.622. The summed E-state index contributed by atoms with van der Waals surface area (Å²) >= 11 is 0. The van der Waals surface area contributed by atoms with Crippen LogP contribution in [0.25, 0.3) is 0 Å². The summed E-state index contributed by atoms with van der Waals surface area (Å²) in [5.41, 5.74) is 12.9. The quantitative estimate of drug-likeness (QED) is 0.212. The van der Waals surface area contributed by atoms with Gasteiger partial charge >= 0.3 is 0 Å². The molecule has 1 aliphatic heterocycles. The van der Waals surface area contributed by atoms with Crippen LogP contribution in [0.2, 0.25) is 0 Å². The highest BCUT2D eigenvalue weighted by Gasteiger charge is 2.43. The highest BCUT2D eigenvalue weighted by Crippen LogP contribution is 2.25. The highest BCUT2D eigenvalue weighted by atomic mass is 16.5. The minimum absolute atomic E-state index is 0.0338. The lowest BCUT2D eigenvalue weighted by Crippen LogP contribution is -2.69. The number of rotatable bonds is 14. The Kier molecular flexibility index (Phi) is 11.1. The van der Waals surface area contributed by atoms with E-state index >= 15 is 0 Å². The number of carbonyl (C=O) groups is 3. The first-order chi connectivity index (χ1) is 21.7. The van der Waals surface area contributed by atoms with E-state index in [1.807, 2.05) is 99.6 Å². The minimum atomic E-state index is -1.02. The van der Waals surface area contributed by atoms with Crippen molar-refractivity contribution in [2.24, 2.45) is 11.5 Å². The number of carbonyl (C=O) groups excluding carboxylic acids is 3. The van der Waals surface area contributed by atoms with E-state index in [-0.39, 0.29) is 37.1 Å². The van der Waals surface area contributed by atoms with Crippen LogP contribution in [-0.2, 0) is 27.2 Å². The summed E-state index contributed by atoms with van der Waals surface area (Å²) in [5, 5.41) is 5.87. The molecule has 0 aliphatic carbocycles. The number of amides is 3. The van der Waals surface area contributed by atoms with E-state index in [9.17, 15) is 14.4 Å². The molecule has 3 amide bonds. The molecule has 3 aromatic carbocycles. The van der Waals surface area contributed by atoms with E-state index in [2.05, 4.69) is 10.6 Å². The zero-order valence-corrected chi connectivity index (χ0v) is 27.4. The van der Waals surface area contributed by atoms with Gasteiger partial charge in [-0.3, -0.25) is 14.4 Å². The van der Waals surface area contributed by atoms with Crippen molar-refractivity contribution in [1.82, 2.24) is 15.5 Å². The number of hydrogen-bond acceptors (Lipinski definition) is 7. The predicted molar refractivity (Wildman–Crippen MR) is 178 cm³/mol. The maximum absolute atomic E-state index is 13.9. The molecule has 3 aromatic rings. The molecule has 46 heavy (non-hydrogen) atoms. The van der Waals surface area contributed by atoms with Crippen LogP contribution in [0.3, 0.4) is 0 Å². The van der Waals surface area contributed by atoms with E-state index in [4.69, 9.17) is 20.9 Å². The van der Waals surface area contributed by atoms with Crippen LogP contribution >= 0.6 is 0 Å². The van der Waals surface area contributed by atoms with Crippen LogP contribution in [0.4, 0.5) is 0 Å². The summed E-state index contributed by atoms with van der Waals surface area (Å²) in [6, 6.07) is 21.8. The van der Waals surface area contributed by atoms with Crippen molar-refractivity contribution in [3.05, 3.63) is 90.0 Å². The van der Waals surface area contributed by atoms with E-state index in [1.165, 1.54) is 0 Å². The molecule has 1 fully saturated rings. The monoisotopic (exact) mass is 629 g/mol. The molecule has 1 saturated heterocycles. The molecule has 4 rings (SSSR count). The smallest absolute Gasteiger partial charge is 0.245 e. The number of nitrogens with two attached hydrogens (primary N) is 2. The normalized spacial score (nSPS) is 17.5. The fourth-order valence-corrected chi connectivity index (χ4v) is 5.47. The SMILES string of the molecule is CCOc1ccc(CC2NC(=O)C(C(Cc3ccc(Oc4ccccc4)cc3)N(CC(C)(C)N)C(=O)CC(C)(C)N)NC2=O)cc1. The van der Waals surface area contributed by atoms with Crippen LogP contribution < -0.4 is 31.6 Å². The molecule has 6 N–H and O–H groups in total. The van der Waals surface area contributed by atoms with Gasteiger partial charge in [-0.2, -0.15) is 0 Å². The van der Waals surface area contributed by atoms with Gasteiger partial charge in [-0.15, -0.1) is 0 Å². The summed E-state index contributed by atoms with van der Waals surface area (Å²) < 4.78 is 11.5. The molecule has 246 valence electrons. The van der Waals surface area contributed by atoms with Crippen LogP contribution in [0.15, 0.2) is 78.9 Å². The second-order valence-corrected chi connectivity index (χ2v) is 13.3. The topological polar surface area (TPSA) is 149 Å². The van der Waals surface area contributed by atoms with Gasteiger partial charge in [-0.05, 0) is 88.6 Å². The first kappa shape index (κ1) is 34.5. The van der Waals surface area contributed by atoms with Crippen LogP contribution in [0, 0.1) is 0 Å². The molecular weight excluding hydrogens is 582 g/mol. The summed E-state index contributed by atoms with van der Waals surface area (Å²) in [5.74, 6) is 1.14. The highest BCUT2D eigenvalue weighted by molar-refractivity contribution is 5.98. The molecule has 3 unspecified atom stereocenters. The van der Waals surface area contributed by atoms with Gasteiger partial charge in [-0.1, -0.05) is 42.5 Å². The predicted octanol–water partition coefficient (Wildman–Crippen LogP) is 3.71. The Labute approximate surface area is 271 Å². The van der Waals surface area contributed by atoms with E-state index < -0.39 is 29.2 Å². The zero-order valence-electron chi connectivity index (χ0n) is 27.4. The second-order valence-electron chi connectivity index (χ2n) is 13.3. The zero-order chi connectivity index (χ0) is 33.5. The molecule has 0 saturated carbocycles. The molecule has 1 heterocycles. The maximum Gasteiger partial charge on any atom is 0.245 e. The van der Waals surface area contributed by atoms with Crippen LogP contribution in [-0.4, -0.2) is 65.0 Å². The molecular formula is C36H47N5O5.